The predicted octanol–water partition coefficient (Wildman–Crippen LogP) is 3.30. The highest BCUT2D eigenvalue weighted by atomic mass is 15.1. The van der Waals surface area contributed by atoms with E-state index in [1.807, 2.05) is 0 Å². The van der Waals surface area contributed by atoms with Crippen molar-refractivity contribution < 1.29 is 0 Å². The molecule has 1 saturated heterocycles. The molecule has 2 atom stereocenters. The van der Waals surface area contributed by atoms with E-state index in [-0.39, 0.29) is 0 Å². The average molecular weight is 195 g/mol. The molecule has 0 radical (unpaired) electrons. The first-order chi connectivity index (χ1) is 6.86. The normalized spacial score (nSPS) is 36.6. The van der Waals surface area contributed by atoms with Crippen LogP contribution < -0.4 is 0 Å². The minimum Gasteiger partial charge on any atom is -0.306 e. The SMILES string of the molecule is CN1CCCCCCCC2CC2CC1. The third-order valence-electron chi connectivity index (χ3n) is 4.07. The van der Waals surface area contributed by atoms with Gasteiger partial charge in [0.2, 0.25) is 0 Å². The Bertz CT molecular complexity index is 165. The summed E-state index contributed by atoms with van der Waals surface area (Å²) in [5, 5.41) is 0. The third kappa shape index (κ3) is 3.27. The second-order valence-corrected chi connectivity index (χ2v) is 5.40. The molecular formula is C13H25N. The fourth-order valence-corrected chi connectivity index (χ4v) is 2.83. The summed E-state index contributed by atoms with van der Waals surface area (Å²) in [7, 11) is 2.29. The van der Waals surface area contributed by atoms with E-state index in [1.54, 1.807) is 6.42 Å². The number of hydrogen-bond donors (Lipinski definition) is 0. The summed E-state index contributed by atoms with van der Waals surface area (Å²) >= 11 is 0. The van der Waals surface area contributed by atoms with Gasteiger partial charge >= 0.3 is 0 Å². The van der Waals surface area contributed by atoms with Gasteiger partial charge in [0, 0.05) is 0 Å². The molecular weight excluding hydrogens is 170 g/mol. The second-order valence-electron chi connectivity index (χ2n) is 5.40. The van der Waals surface area contributed by atoms with Crippen LogP contribution in [0.3, 0.4) is 0 Å². The molecule has 1 aliphatic heterocycles. The van der Waals surface area contributed by atoms with Gasteiger partial charge in [0.15, 0.2) is 0 Å². The minimum atomic E-state index is 1.11. The van der Waals surface area contributed by atoms with E-state index in [2.05, 4.69) is 11.9 Å². The van der Waals surface area contributed by atoms with E-state index in [0.29, 0.717) is 0 Å². The van der Waals surface area contributed by atoms with Crippen LogP contribution in [0.15, 0.2) is 0 Å². The van der Waals surface area contributed by atoms with E-state index in [9.17, 15) is 0 Å². The molecule has 2 aliphatic rings. The molecule has 1 saturated carbocycles. The van der Waals surface area contributed by atoms with Gasteiger partial charge in [-0.1, -0.05) is 32.1 Å². The Balaban J connectivity index is 1.72. The van der Waals surface area contributed by atoms with E-state index >= 15 is 0 Å². The van der Waals surface area contributed by atoms with Gasteiger partial charge in [-0.15, -0.1) is 0 Å². The first kappa shape index (κ1) is 10.5. The van der Waals surface area contributed by atoms with Crippen LogP contribution in [0.1, 0.15) is 51.4 Å². The van der Waals surface area contributed by atoms with E-state index in [1.165, 1.54) is 58.0 Å². The van der Waals surface area contributed by atoms with Crippen molar-refractivity contribution in [2.75, 3.05) is 20.1 Å². The van der Waals surface area contributed by atoms with Crippen molar-refractivity contribution in [1.82, 2.24) is 4.90 Å². The summed E-state index contributed by atoms with van der Waals surface area (Å²) in [6, 6.07) is 0. The van der Waals surface area contributed by atoms with Gasteiger partial charge in [0.25, 0.3) is 0 Å². The molecule has 0 spiro atoms. The van der Waals surface area contributed by atoms with E-state index in [0.717, 1.165) is 11.8 Å². The number of fused-ring (bicyclic) bond motifs is 1. The number of rotatable bonds is 0. The molecule has 0 aromatic rings. The fraction of sp³-hybridized carbons (Fsp3) is 1.00. The van der Waals surface area contributed by atoms with Crippen LogP contribution in [0.2, 0.25) is 0 Å². The smallest absolute Gasteiger partial charge is 0.00190 e. The summed E-state index contributed by atoms with van der Waals surface area (Å²) in [6.07, 6.45) is 11.9. The molecule has 2 rings (SSSR count). The van der Waals surface area contributed by atoms with Crippen molar-refractivity contribution in [3.05, 3.63) is 0 Å². The Morgan fingerprint density at radius 3 is 2.43 bits per heavy atom. The van der Waals surface area contributed by atoms with Gasteiger partial charge in [0.1, 0.15) is 0 Å². The maximum Gasteiger partial charge on any atom is -0.00190 e. The first-order valence-electron chi connectivity index (χ1n) is 6.55. The maximum absolute atomic E-state index is 2.54. The third-order valence-corrected chi connectivity index (χ3v) is 4.07. The molecule has 1 nitrogen and oxygen atoms in total. The van der Waals surface area contributed by atoms with Crippen LogP contribution in [-0.2, 0) is 0 Å². The van der Waals surface area contributed by atoms with Crippen molar-refractivity contribution in [3.8, 4) is 0 Å². The topological polar surface area (TPSA) is 3.24 Å². The molecule has 1 heteroatoms. The Hall–Kier alpha value is -0.0400. The average Bonchev–Trinajstić information content (AvgIpc) is 2.90. The van der Waals surface area contributed by atoms with Gasteiger partial charge in [-0.2, -0.15) is 0 Å². The van der Waals surface area contributed by atoms with Crippen molar-refractivity contribution in [2.45, 2.75) is 51.4 Å². The molecule has 0 aromatic carbocycles. The van der Waals surface area contributed by atoms with Gasteiger partial charge in [0.05, 0.1) is 0 Å². The predicted molar refractivity (Wildman–Crippen MR) is 61.4 cm³/mol. The lowest BCUT2D eigenvalue weighted by Crippen LogP contribution is -2.21. The van der Waals surface area contributed by atoms with Crippen molar-refractivity contribution in [2.24, 2.45) is 11.8 Å². The van der Waals surface area contributed by atoms with Gasteiger partial charge in [-0.05, 0) is 51.2 Å². The lowest BCUT2D eigenvalue weighted by Gasteiger charge is -2.17. The molecule has 14 heavy (non-hydrogen) atoms. The van der Waals surface area contributed by atoms with Gasteiger partial charge in [-0.3, -0.25) is 0 Å². The molecule has 0 bridgehead atoms. The Kier molecular flexibility index (Phi) is 3.86. The molecule has 2 unspecified atom stereocenters. The largest absolute Gasteiger partial charge is 0.306 e. The summed E-state index contributed by atoms with van der Waals surface area (Å²) in [4.78, 5) is 2.54. The highest BCUT2D eigenvalue weighted by molar-refractivity contribution is 4.86. The van der Waals surface area contributed by atoms with Crippen LogP contribution in [-0.4, -0.2) is 25.0 Å². The summed E-state index contributed by atoms with van der Waals surface area (Å²) in [5.74, 6) is 2.24. The molecule has 2 fully saturated rings. The van der Waals surface area contributed by atoms with Crippen LogP contribution in [0.5, 0.6) is 0 Å². The quantitative estimate of drug-likeness (QED) is 0.573. The lowest BCUT2D eigenvalue weighted by molar-refractivity contribution is 0.306. The van der Waals surface area contributed by atoms with E-state index in [4.69, 9.17) is 0 Å². The zero-order chi connectivity index (χ0) is 9.80. The summed E-state index contributed by atoms with van der Waals surface area (Å²) < 4.78 is 0. The standard InChI is InChI=1S/C13H25N/c1-14-9-6-4-2-3-5-7-12-11-13(12)8-10-14/h12-13H,2-11H2,1H3. The monoisotopic (exact) mass is 195 g/mol. The summed E-state index contributed by atoms with van der Waals surface area (Å²) in [5.41, 5.74) is 0. The van der Waals surface area contributed by atoms with Crippen LogP contribution >= 0.6 is 0 Å². The van der Waals surface area contributed by atoms with Crippen LogP contribution in [0.4, 0.5) is 0 Å². The van der Waals surface area contributed by atoms with Gasteiger partial charge in [-0.25, -0.2) is 0 Å². The van der Waals surface area contributed by atoms with E-state index < -0.39 is 0 Å². The molecule has 0 amide bonds. The number of nitrogens with zero attached hydrogens (tertiary/aromatic N) is 1. The Morgan fingerprint density at radius 1 is 0.786 bits per heavy atom. The maximum atomic E-state index is 2.54. The molecule has 0 aromatic heterocycles. The highest BCUT2D eigenvalue weighted by Crippen LogP contribution is 2.44. The zero-order valence-corrected chi connectivity index (χ0v) is 9.67. The highest BCUT2D eigenvalue weighted by Gasteiger charge is 2.35. The van der Waals surface area contributed by atoms with Crippen LogP contribution in [0.25, 0.3) is 0 Å². The first-order valence-corrected chi connectivity index (χ1v) is 6.55. The Morgan fingerprint density at radius 2 is 1.50 bits per heavy atom. The lowest BCUT2D eigenvalue weighted by atomic mass is 10.1. The molecule has 82 valence electrons. The molecule has 1 heterocycles. The zero-order valence-electron chi connectivity index (χ0n) is 9.67. The van der Waals surface area contributed by atoms with Gasteiger partial charge < -0.3 is 4.90 Å². The minimum absolute atomic E-state index is 1.11. The summed E-state index contributed by atoms with van der Waals surface area (Å²) in [6.45, 7) is 2.68. The molecule has 0 N–H and O–H groups in total. The number of hydrogen-bond acceptors (Lipinski definition) is 1. The van der Waals surface area contributed by atoms with Crippen LogP contribution in [0, 0.1) is 11.8 Å². The Labute approximate surface area is 88.9 Å². The molecule has 1 aliphatic carbocycles. The fourth-order valence-electron chi connectivity index (χ4n) is 2.83. The van der Waals surface area contributed by atoms with Crippen molar-refractivity contribution in [1.29, 1.82) is 0 Å². The van der Waals surface area contributed by atoms with Crippen molar-refractivity contribution in [3.63, 3.8) is 0 Å². The second kappa shape index (κ2) is 5.16. The van der Waals surface area contributed by atoms with Crippen molar-refractivity contribution >= 4 is 0 Å².